The number of benzene rings is 1. The van der Waals surface area contributed by atoms with Gasteiger partial charge in [0.15, 0.2) is 5.11 Å². The minimum atomic E-state index is -2.42. The van der Waals surface area contributed by atoms with Crippen molar-refractivity contribution in [3.63, 3.8) is 0 Å². The lowest BCUT2D eigenvalue weighted by Crippen LogP contribution is -2.44. The number of thioether (sulfide) groups is 1. The van der Waals surface area contributed by atoms with Crippen molar-refractivity contribution in [3.05, 3.63) is 46.7 Å². The van der Waals surface area contributed by atoms with Crippen LogP contribution in [0.15, 0.2) is 46.7 Å². The van der Waals surface area contributed by atoms with Crippen LogP contribution >= 0.6 is 35.3 Å². The molecule has 27 heavy (non-hydrogen) atoms. The third-order valence-corrected chi connectivity index (χ3v) is 6.09. The Morgan fingerprint density at radius 2 is 1.96 bits per heavy atom. The smallest absolute Gasteiger partial charge is 0.288 e. The van der Waals surface area contributed by atoms with Crippen LogP contribution in [-0.2, 0) is 4.74 Å². The second kappa shape index (κ2) is 10.3. The van der Waals surface area contributed by atoms with Gasteiger partial charge in [0.05, 0.1) is 19.3 Å². The Kier molecular flexibility index (Phi) is 7.83. The summed E-state index contributed by atoms with van der Waals surface area (Å²) in [6, 6.07) is 11.2. The molecule has 1 aliphatic rings. The van der Waals surface area contributed by atoms with E-state index in [1.807, 2.05) is 0 Å². The zero-order valence-electron chi connectivity index (χ0n) is 14.6. The molecule has 2 N–H and O–H groups in total. The number of anilines is 1. The zero-order chi connectivity index (χ0) is 19.1. The molecule has 3 rings (SSSR count). The van der Waals surface area contributed by atoms with Gasteiger partial charge in [-0.1, -0.05) is 17.8 Å². The fourth-order valence-electron chi connectivity index (χ4n) is 2.86. The van der Waals surface area contributed by atoms with Crippen molar-refractivity contribution in [2.24, 2.45) is 0 Å². The molecular weight excluding hydrogens is 408 g/mol. The summed E-state index contributed by atoms with van der Waals surface area (Å²) < 4.78 is 30.2. The van der Waals surface area contributed by atoms with Crippen LogP contribution < -0.4 is 10.6 Å². The molecular formula is C18H21F2N3OS3. The van der Waals surface area contributed by atoms with Crippen LogP contribution in [0.5, 0.6) is 0 Å². The standard InChI is InChI=1S/C18H21F2N3OS3/c19-17(20)27-14-5-3-13(4-6-14)22-18(25)21-12-15(16-2-1-11-26-16)23-7-9-24-10-8-23/h1-6,11,15,17H,7-10,12H2,(H2,21,22,25)/t15-/m1/s1. The largest absolute Gasteiger partial charge is 0.379 e. The Hall–Kier alpha value is -1.26. The highest BCUT2D eigenvalue weighted by Crippen LogP contribution is 2.27. The van der Waals surface area contributed by atoms with Gasteiger partial charge < -0.3 is 15.4 Å². The van der Waals surface area contributed by atoms with Gasteiger partial charge in [0.2, 0.25) is 0 Å². The fourth-order valence-corrected chi connectivity index (χ4v) is 4.43. The van der Waals surface area contributed by atoms with Gasteiger partial charge in [-0.3, -0.25) is 4.90 Å². The molecule has 2 aromatic rings. The van der Waals surface area contributed by atoms with Gasteiger partial charge in [-0.2, -0.15) is 8.78 Å². The number of alkyl halides is 2. The van der Waals surface area contributed by atoms with E-state index < -0.39 is 5.76 Å². The molecule has 0 unspecified atom stereocenters. The number of hydrogen-bond acceptors (Lipinski definition) is 5. The molecule has 0 saturated carbocycles. The summed E-state index contributed by atoms with van der Waals surface area (Å²) in [5.41, 5.74) is 0.769. The number of thiophene rings is 1. The van der Waals surface area contributed by atoms with Gasteiger partial charge in [0.1, 0.15) is 0 Å². The predicted octanol–water partition coefficient (Wildman–Crippen LogP) is 4.42. The van der Waals surface area contributed by atoms with E-state index in [0.29, 0.717) is 28.3 Å². The van der Waals surface area contributed by atoms with E-state index >= 15 is 0 Å². The van der Waals surface area contributed by atoms with E-state index in [2.05, 4.69) is 33.0 Å². The summed E-state index contributed by atoms with van der Waals surface area (Å²) in [7, 11) is 0. The van der Waals surface area contributed by atoms with Crippen LogP contribution in [-0.4, -0.2) is 48.6 Å². The Labute approximate surface area is 171 Å². The third-order valence-electron chi connectivity index (χ3n) is 4.15. The molecule has 1 aromatic carbocycles. The maximum absolute atomic E-state index is 12.4. The second-order valence-electron chi connectivity index (χ2n) is 5.92. The Morgan fingerprint density at radius 1 is 1.22 bits per heavy atom. The van der Waals surface area contributed by atoms with Crippen LogP contribution in [0.4, 0.5) is 14.5 Å². The number of rotatable bonds is 7. The minimum absolute atomic E-state index is 0.235. The molecule has 0 spiro atoms. The second-order valence-corrected chi connectivity index (χ2v) is 8.37. The normalized spacial score (nSPS) is 16.3. The first-order chi connectivity index (χ1) is 13.1. The van der Waals surface area contributed by atoms with Crippen LogP contribution in [0.25, 0.3) is 0 Å². The van der Waals surface area contributed by atoms with E-state index in [1.165, 1.54) is 4.88 Å². The molecule has 1 aliphatic heterocycles. The number of thiocarbonyl (C=S) groups is 1. The van der Waals surface area contributed by atoms with E-state index in [1.54, 1.807) is 35.6 Å². The summed E-state index contributed by atoms with van der Waals surface area (Å²) in [5, 5.41) is 8.99. The number of ether oxygens (including phenoxy) is 1. The number of nitrogens with one attached hydrogen (secondary N) is 2. The first-order valence-corrected chi connectivity index (χ1v) is 10.7. The summed E-state index contributed by atoms with van der Waals surface area (Å²) in [4.78, 5) is 4.22. The molecule has 1 saturated heterocycles. The molecule has 146 valence electrons. The summed E-state index contributed by atoms with van der Waals surface area (Å²) in [5.74, 6) is -2.42. The van der Waals surface area contributed by atoms with Gasteiger partial charge >= 0.3 is 0 Å². The lowest BCUT2D eigenvalue weighted by atomic mass is 10.2. The van der Waals surface area contributed by atoms with E-state index in [4.69, 9.17) is 17.0 Å². The number of hydrogen-bond donors (Lipinski definition) is 2. The first-order valence-electron chi connectivity index (χ1n) is 8.57. The van der Waals surface area contributed by atoms with Gasteiger partial charge in [-0.05, 0) is 47.9 Å². The highest BCUT2D eigenvalue weighted by atomic mass is 32.2. The van der Waals surface area contributed by atoms with Crippen LogP contribution in [0.2, 0.25) is 0 Å². The van der Waals surface area contributed by atoms with Gasteiger partial charge in [-0.15, -0.1) is 11.3 Å². The number of nitrogens with zero attached hydrogens (tertiary/aromatic N) is 1. The molecule has 0 radical (unpaired) electrons. The number of halogens is 2. The highest BCUT2D eigenvalue weighted by Gasteiger charge is 2.23. The monoisotopic (exact) mass is 429 g/mol. The zero-order valence-corrected chi connectivity index (χ0v) is 17.0. The molecule has 4 nitrogen and oxygen atoms in total. The van der Waals surface area contributed by atoms with Gasteiger partial charge in [0.25, 0.3) is 5.76 Å². The average Bonchev–Trinajstić information content (AvgIpc) is 3.18. The minimum Gasteiger partial charge on any atom is -0.379 e. The van der Waals surface area contributed by atoms with Crippen LogP contribution in [0, 0.1) is 0 Å². The molecule has 1 aromatic heterocycles. The average molecular weight is 430 g/mol. The summed E-state index contributed by atoms with van der Waals surface area (Å²) in [6.45, 7) is 3.97. The van der Waals surface area contributed by atoms with Crippen molar-refractivity contribution in [3.8, 4) is 0 Å². The fraction of sp³-hybridized carbons (Fsp3) is 0.389. The molecule has 0 bridgehead atoms. The molecule has 0 aliphatic carbocycles. The van der Waals surface area contributed by atoms with Crippen molar-refractivity contribution >= 4 is 46.1 Å². The molecule has 1 fully saturated rings. The molecule has 1 atom stereocenters. The third kappa shape index (κ3) is 6.39. The quantitative estimate of drug-likeness (QED) is 0.501. The highest BCUT2D eigenvalue weighted by molar-refractivity contribution is 7.99. The van der Waals surface area contributed by atoms with Crippen molar-refractivity contribution in [2.45, 2.75) is 16.7 Å². The van der Waals surface area contributed by atoms with E-state index in [9.17, 15) is 8.78 Å². The van der Waals surface area contributed by atoms with Crippen molar-refractivity contribution in [1.29, 1.82) is 0 Å². The molecule has 0 amide bonds. The summed E-state index contributed by atoms with van der Waals surface area (Å²) >= 11 is 7.67. The van der Waals surface area contributed by atoms with Crippen molar-refractivity contribution < 1.29 is 13.5 Å². The van der Waals surface area contributed by atoms with E-state index in [0.717, 1.165) is 32.0 Å². The maximum atomic E-state index is 12.4. The van der Waals surface area contributed by atoms with Gasteiger partial charge in [0, 0.05) is 35.1 Å². The Bertz CT molecular complexity index is 707. The Balaban J connectivity index is 1.54. The van der Waals surface area contributed by atoms with Crippen molar-refractivity contribution in [1.82, 2.24) is 10.2 Å². The Morgan fingerprint density at radius 3 is 2.59 bits per heavy atom. The van der Waals surface area contributed by atoms with Crippen molar-refractivity contribution in [2.75, 3.05) is 38.2 Å². The van der Waals surface area contributed by atoms with E-state index in [-0.39, 0.29) is 6.04 Å². The predicted molar refractivity (Wildman–Crippen MR) is 112 cm³/mol. The van der Waals surface area contributed by atoms with Gasteiger partial charge in [-0.25, -0.2) is 0 Å². The van der Waals surface area contributed by atoms with Crippen LogP contribution in [0.1, 0.15) is 10.9 Å². The van der Waals surface area contributed by atoms with Crippen LogP contribution in [0.3, 0.4) is 0 Å². The SMILES string of the molecule is FC(F)Sc1ccc(NC(=S)NC[C@H](c2cccs2)N2CCOCC2)cc1. The summed E-state index contributed by atoms with van der Waals surface area (Å²) in [6.07, 6.45) is 0. The number of morpholine rings is 1. The first kappa shape index (κ1) is 20.5. The maximum Gasteiger partial charge on any atom is 0.288 e. The lowest BCUT2D eigenvalue weighted by molar-refractivity contribution is 0.0177. The topological polar surface area (TPSA) is 36.5 Å². The lowest BCUT2D eigenvalue weighted by Gasteiger charge is -2.34. The molecule has 9 heteroatoms. The molecule has 2 heterocycles.